The average molecular weight is 555 g/mol. The van der Waals surface area contributed by atoms with Crippen LogP contribution in [0.15, 0.2) is 51.4 Å². The maximum Gasteiger partial charge on any atom is 0.338 e. The lowest BCUT2D eigenvalue weighted by atomic mass is 9.95. The van der Waals surface area contributed by atoms with Crippen LogP contribution in [0.2, 0.25) is 0 Å². The molecule has 1 atom stereocenters. The first kappa shape index (κ1) is 27.8. The number of ether oxygens (including phenoxy) is 6. The Morgan fingerprint density at radius 1 is 0.974 bits per heavy atom. The minimum atomic E-state index is -0.830. The second kappa shape index (κ2) is 11.6. The standard InChI is InChI=1S/C28H30N2O8S/c1-8-38-27(32)23-15(2)29-28-30(24(23)18-10-9-17(33-3)14-19(18)34-4)26(31)22(39-28)13-16-11-20(35-5)25(37-7)21(12-16)36-6/h9-14,24H,8H2,1-7H3/b22-13-/t24-/m1/s1. The number of benzene rings is 2. The van der Waals surface area contributed by atoms with Gasteiger partial charge < -0.3 is 28.4 Å². The highest BCUT2D eigenvalue weighted by Gasteiger charge is 2.35. The van der Waals surface area contributed by atoms with Gasteiger partial charge in [0.1, 0.15) is 17.5 Å². The minimum absolute atomic E-state index is 0.174. The third-order valence-electron chi connectivity index (χ3n) is 6.24. The first-order valence-electron chi connectivity index (χ1n) is 12.0. The normalized spacial score (nSPS) is 14.8. The Morgan fingerprint density at radius 3 is 2.21 bits per heavy atom. The summed E-state index contributed by atoms with van der Waals surface area (Å²) in [6.45, 7) is 3.63. The maximum absolute atomic E-state index is 13.9. The van der Waals surface area contributed by atoms with Gasteiger partial charge in [0.25, 0.3) is 5.56 Å². The molecule has 0 radical (unpaired) electrons. The predicted molar refractivity (Wildman–Crippen MR) is 146 cm³/mol. The molecule has 0 bridgehead atoms. The monoisotopic (exact) mass is 554 g/mol. The molecule has 2 heterocycles. The molecule has 1 aliphatic heterocycles. The molecule has 1 aliphatic rings. The second-order valence-corrected chi connectivity index (χ2v) is 9.38. The number of allylic oxidation sites excluding steroid dienone is 1. The van der Waals surface area contributed by atoms with Gasteiger partial charge in [-0.25, -0.2) is 9.79 Å². The lowest BCUT2D eigenvalue weighted by Gasteiger charge is -2.26. The molecule has 4 rings (SSSR count). The van der Waals surface area contributed by atoms with E-state index in [1.54, 1.807) is 57.4 Å². The quantitative estimate of drug-likeness (QED) is 0.372. The van der Waals surface area contributed by atoms with Gasteiger partial charge in [0.15, 0.2) is 16.3 Å². The lowest BCUT2D eigenvalue weighted by Crippen LogP contribution is -2.40. The van der Waals surface area contributed by atoms with Crippen LogP contribution in [0.3, 0.4) is 0 Å². The number of nitrogens with zero attached hydrogens (tertiary/aromatic N) is 2. The molecule has 11 heteroatoms. The number of hydrogen-bond donors (Lipinski definition) is 0. The molecule has 39 heavy (non-hydrogen) atoms. The molecule has 1 aromatic heterocycles. The highest BCUT2D eigenvalue weighted by Crippen LogP contribution is 2.39. The topological polar surface area (TPSA) is 107 Å². The Bertz CT molecular complexity index is 1590. The predicted octanol–water partition coefficient (Wildman–Crippen LogP) is 2.84. The van der Waals surface area contributed by atoms with Gasteiger partial charge in [0.2, 0.25) is 5.75 Å². The fourth-order valence-corrected chi connectivity index (χ4v) is 5.51. The summed E-state index contributed by atoms with van der Waals surface area (Å²) < 4.78 is 34.6. The number of fused-ring (bicyclic) bond motifs is 1. The number of rotatable bonds is 9. The number of aromatic nitrogens is 1. The van der Waals surface area contributed by atoms with Gasteiger partial charge in [-0.3, -0.25) is 9.36 Å². The summed E-state index contributed by atoms with van der Waals surface area (Å²) in [5.74, 6) is 1.83. The van der Waals surface area contributed by atoms with Gasteiger partial charge in [0.05, 0.1) is 58.0 Å². The van der Waals surface area contributed by atoms with Crippen molar-refractivity contribution in [3.05, 3.63) is 72.4 Å². The van der Waals surface area contributed by atoms with Crippen molar-refractivity contribution in [3.8, 4) is 28.7 Å². The van der Waals surface area contributed by atoms with E-state index in [0.29, 0.717) is 54.9 Å². The Kier molecular flexibility index (Phi) is 8.29. The third-order valence-corrected chi connectivity index (χ3v) is 7.22. The van der Waals surface area contributed by atoms with Crippen LogP contribution in [-0.4, -0.2) is 52.7 Å². The van der Waals surface area contributed by atoms with Crippen molar-refractivity contribution in [2.24, 2.45) is 4.99 Å². The number of carbonyl (C=O) groups excluding carboxylic acids is 1. The van der Waals surface area contributed by atoms with E-state index in [1.165, 1.54) is 44.3 Å². The van der Waals surface area contributed by atoms with Crippen LogP contribution in [0.1, 0.15) is 31.0 Å². The van der Waals surface area contributed by atoms with Gasteiger partial charge in [-0.2, -0.15) is 0 Å². The van der Waals surface area contributed by atoms with E-state index in [-0.39, 0.29) is 17.7 Å². The van der Waals surface area contributed by atoms with Crippen molar-refractivity contribution in [2.75, 3.05) is 42.2 Å². The van der Waals surface area contributed by atoms with E-state index < -0.39 is 12.0 Å². The van der Waals surface area contributed by atoms with Crippen molar-refractivity contribution < 1.29 is 33.2 Å². The van der Waals surface area contributed by atoms with Gasteiger partial charge in [0, 0.05) is 11.6 Å². The Morgan fingerprint density at radius 2 is 1.64 bits per heavy atom. The molecular formula is C28H30N2O8S. The van der Waals surface area contributed by atoms with E-state index >= 15 is 0 Å². The molecule has 0 unspecified atom stereocenters. The summed E-state index contributed by atoms with van der Waals surface area (Å²) in [5, 5.41) is 0. The van der Waals surface area contributed by atoms with E-state index in [2.05, 4.69) is 4.99 Å². The molecule has 0 spiro atoms. The van der Waals surface area contributed by atoms with Gasteiger partial charge >= 0.3 is 5.97 Å². The number of esters is 1. The van der Waals surface area contributed by atoms with Crippen molar-refractivity contribution in [1.82, 2.24) is 4.57 Å². The summed E-state index contributed by atoms with van der Waals surface area (Å²) in [6, 6.07) is 7.90. The number of methoxy groups -OCH3 is 5. The first-order valence-corrected chi connectivity index (χ1v) is 12.8. The summed E-state index contributed by atoms with van der Waals surface area (Å²) >= 11 is 1.21. The zero-order valence-electron chi connectivity index (χ0n) is 22.8. The molecule has 0 amide bonds. The molecule has 3 aromatic rings. The average Bonchev–Trinajstić information content (AvgIpc) is 3.25. The van der Waals surface area contributed by atoms with Crippen LogP contribution in [-0.2, 0) is 9.53 Å². The van der Waals surface area contributed by atoms with E-state index in [0.717, 1.165) is 0 Å². The molecule has 206 valence electrons. The fourth-order valence-electron chi connectivity index (χ4n) is 4.47. The molecular weight excluding hydrogens is 524 g/mol. The zero-order valence-corrected chi connectivity index (χ0v) is 23.6. The first-order chi connectivity index (χ1) is 18.8. The van der Waals surface area contributed by atoms with Gasteiger partial charge in [-0.1, -0.05) is 11.3 Å². The molecule has 2 aromatic carbocycles. The fraction of sp³-hybridized carbons (Fsp3) is 0.321. The van der Waals surface area contributed by atoms with E-state index in [4.69, 9.17) is 28.4 Å². The second-order valence-electron chi connectivity index (χ2n) is 8.37. The van der Waals surface area contributed by atoms with E-state index in [1.807, 2.05) is 0 Å². The van der Waals surface area contributed by atoms with Crippen molar-refractivity contribution >= 4 is 23.4 Å². The Balaban J connectivity index is 1.99. The smallest absolute Gasteiger partial charge is 0.338 e. The van der Waals surface area contributed by atoms with Crippen LogP contribution in [0, 0.1) is 0 Å². The summed E-state index contributed by atoms with van der Waals surface area (Å²) in [6.07, 6.45) is 1.72. The summed E-state index contributed by atoms with van der Waals surface area (Å²) in [5.41, 5.74) is 1.64. The number of hydrogen-bond acceptors (Lipinski definition) is 10. The van der Waals surface area contributed by atoms with Gasteiger partial charge in [-0.15, -0.1) is 0 Å². The van der Waals surface area contributed by atoms with Gasteiger partial charge in [-0.05, 0) is 49.8 Å². The van der Waals surface area contributed by atoms with Crippen molar-refractivity contribution in [3.63, 3.8) is 0 Å². The molecule has 0 aliphatic carbocycles. The largest absolute Gasteiger partial charge is 0.497 e. The number of thiazole rings is 1. The van der Waals surface area contributed by atoms with Crippen LogP contribution in [0.25, 0.3) is 6.08 Å². The summed E-state index contributed by atoms with van der Waals surface area (Å²) in [4.78, 5) is 32.2. The third kappa shape index (κ3) is 5.09. The van der Waals surface area contributed by atoms with Crippen molar-refractivity contribution in [1.29, 1.82) is 0 Å². The SMILES string of the molecule is CCOC(=O)C1=C(C)N=c2s/c(=C\c3cc(OC)c(OC)c(OC)c3)c(=O)n2[C@@H]1c1ccc(OC)cc1OC. The zero-order chi connectivity index (χ0) is 28.3. The maximum atomic E-state index is 13.9. The van der Waals surface area contributed by atoms with Crippen LogP contribution < -0.4 is 38.6 Å². The molecule has 0 fully saturated rings. The van der Waals surface area contributed by atoms with Crippen LogP contribution in [0.4, 0.5) is 0 Å². The van der Waals surface area contributed by atoms with Crippen LogP contribution >= 0.6 is 11.3 Å². The summed E-state index contributed by atoms with van der Waals surface area (Å²) in [7, 11) is 7.64. The molecule has 0 saturated carbocycles. The lowest BCUT2D eigenvalue weighted by molar-refractivity contribution is -0.139. The highest BCUT2D eigenvalue weighted by atomic mass is 32.1. The van der Waals surface area contributed by atoms with Crippen molar-refractivity contribution in [2.45, 2.75) is 19.9 Å². The Hall–Kier alpha value is -4.25. The van der Waals surface area contributed by atoms with E-state index in [9.17, 15) is 9.59 Å². The number of carbonyl (C=O) groups is 1. The minimum Gasteiger partial charge on any atom is -0.497 e. The Labute approximate surface area is 229 Å². The van der Waals surface area contributed by atoms with Crippen LogP contribution in [0.5, 0.6) is 28.7 Å². The highest BCUT2D eigenvalue weighted by molar-refractivity contribution is 7.07. The molecule has 10 nitrogen and oxygen atoms in total. The molecule has 0 N–H and O–H groups in total. The molecule has 0 saturated heterocycles.